The van der Waals surface area contributed by atoms with Gasteiger partial charge in [-0.1, -0.05) is 39.0 Å². The summed E-state index contributed by atoms with van der Waals surface area (Å²) < 4.78 is 33.4. The maximum atomic E-state index is 13.3. The first-order valence-corrected chi connectivity index (χ1v) is 15.1. The van der Waals surface area contributed by atoms with Crippen LogP contribution in [0.15, 0.2) is 45.7 Å². The van der Waals surface area contributed by atoms with E-state index in [9.17, 15) is 8.42 Å². The third kappa shape index (κ3) is 3.05. The van der Waals surface area contributed by atoms with Gasteiger partial charge in [-0.15, -0.1) is 0 Å². The number of benzene rings is 1. The van der Waals surface area contributed by atoms with Gasteiger partial charge >= 0.3 is 0 Å². The first kappa shape index (κ1) is 20.4. The number of hydrogen-bond acceptors (Lipinski definition) is 3. The van der Waals surface area contributed by atoms with E-state index in [2.05, 4.69) is 33.9 Å². The Bertz CT molecular complexity index is 896. The van der Waals surface area contributed by atoms with Crippen molar-refractivity contribution in [1.82, 2.24) is 0 Å². The van der Waals surface area contributed by atoms with Crippen LogP contribution in [0.25, 0.3) is 0 Å². The van der Waals surface area contributed by atoms with Crippen molar-refractivity contribution in [2.45, 2.75) is 88.4 Å². The highest BCUT2D eigenvalue weighted by molar-refractivity contribution is 7.95. The Balaban J connectivity index is 1.63. The molecule has 0 N–H and O–H groups in total. The highest BCUT2D eigenvalue weighted by Crippen LogP contribution is 2.65. The highest BCUT2D eigenvalue weighted by atomic mass is 32.2. The number of rotatable bonds is 4. The molecule has 28 heavy (non-hydrogen) atoms. The molecule has 0 aliphatic heterocycles. The zero-order chi connectivity index (χ0) is 20.4. The molecule has 0 unspecified atom stereocenters. The molecule has 0 bridgehead atoms. The van der Waals surface area contributed by atoms with Gasteiger partial charge in [-0.05, 0) is 85.7 Å². The van der Waals surface area contributed by atoms with Crippen LogP contribution >= 0.6 is 0 Å². The first-order chi connectivity index (χ1) is 13.0. The maximum Gasteiger partial charge on any atom is 0.202 e. The molecule has 1 aromatic carbocycles. The van der Waals surface area contributed by atoms with E-state index in [1.165, 1.54) is 5.57 Å². The van der Waals surface area contributed by atoms with E-state index in [-0.39, 0.29) is 10.5 Å². The Morgan fingerprint density at radius 3 is 2.43 bits per heavy atom. The number of hydrogen-bond donors (Lipinski definition) is 0. The summed E-state index contributed by atoms with van der Waals surface area (Å²) in [6.45, 7) is 11.5. The predicted octanol–water partition coefficient (Wildman–Crippen LogP) is 6.09. The van der Waals surface area contributed by atoms with E-state index in [1.54, 1.807) is 12.1 Å². The molecule has 3 aliphatic rings. The van der Waals surface area contributed by atoms with Crippen molar-refractivity contribution >= 4 is 18.2 Å². The molecule has 3 aliphatic carbocycles. The minimum absolute atomic E-state index is 0.0875. The summed E-state index contributed by atoms with van der Waals surface area (Å²) in [6, 6.07) is 8.98. The van der Waals surface area contributed by atoms with Gasteiger partial charge in [0.2, 0.25) is 9.84 Å². The second-order valence-electron chi connectivity index (χ2n) is 10.5. The van der Waals surface area contributed by atoms with Crippen LogP contribution in [-0.4, -0.2) is 22.8 Å². The fourth-order valence-corrected chi connectivity index (χ4v) is 8.78. The van der Waals surface area contributed by atoms with Crippen LogP contribution in [0.1, 0.15) is 59.3 Å². The van der Waals surface area contributed by atoms with E-state index in [1.807, 2.05) is 18.2 Å². The van der Waals surface area contributed by atoms with Crippen LogP contribution < -0.4 is 0 Å². The van der Waals surface area contributed by atoms with E-state index >= 15 is 0 Å². The molecule has 1 spiro atoms. The molecule has 5 heteroatoms. The molecule has 0 radical (unpaired) electrons. The predicted molar refractivity (Wildman–Crippen MR) is 116 cm³/mol. The van der Waals surface area contributed by atoms with Gasteiger partial charge in [0.15, 0.2) is 8.32 Å². The number of allylic oxidation sites excluding steroid dienone is 2. The van der Waals surface area contributed by atoms with E-state index < -0.39 is 18.2 Å². The van der Waals surface area contributed by atoms with Gasteiger partial charge in [-0.2, -0.15) is 0 Å². The lowest BCUT2D eigenvalue weighted by atomic mass is 9.78. The molecular weight excluding hydrogens is 384 g/mol. The third-order valence-electron chi connectivity index (χ3n) is 8.04. The van der Waals surface area contributed by atoms with Gasteiger partial charge in [-0.25, -0.2) is 8.42 Å². The van der Waals surface area contributed by atoms with Gasteiger partial charge in [0.25, 0.3) is 0 Å². The highest BCUT2D eigenvalue weighted by Gasteiger charge is 2.58. The van der Waals surface area contributed by atoms with Gasteiger partial charge in [0, 0.05) is 11.0 Å². The Labute approximate surface area is 171 Å². The third-order valence-corrected chi connectivity index (χ3v) is 14.6. The molecule has 1 aromatic rings. The monoisotopic (exact) mass is 418 g/mol. The minimum atomic E-state index is -3.37. The molecular formula is C23H34O3SSi. The Morgan fingerprint density at radius 1 is 1.11 bits per heavy atom. The normalized spacial score (nSPS) is 30.6. The lowest BCUT2D eigenvalue weighted by molar-refractivity contribution is 0.172. The van der Waals surface area contributed by atoms with Crippen LogP contribution in [0.5, 0.6) is 0 Å². The fourth-order valence-electron chi connectivity index (χ4n) is 5.61. The summed E-state index contributed by atoms with van der Waals surface area (Å²) >= 11 is 0. The second-order valence-corrected chi connectivity index (χ2v) is 17.3. The molecule has 154 valence electrons. The van der Waals surface area contributed by atoms with Crippen molar-refractivity contribution in [1.29, 1.82) is 0 Å². The maximum absolute atomic E-state index is 13.3. The van der Waals surface area contributed by atoms with Crippen LogP contribution in [0, 0.1) is 11.3 Å². The Hall–Kier alpha value is -0.913. The van der Waals surface area contributed by atoms with Gasteiger partial charge < -0.3 is 4.43 Å². The van der Waals surface area contributed by atoms with Crippen molar-refractivity contribution in [3.63, 3.8) is 0 Å². The van der Waals surface area contributed by atoms with Crippen LogP contribution in [0.4, 0.5) is 0 Å². The molecule has 4 rings (SSSR count). The average Bonchev–Trinajstić information content (AvgIpc) is 3.22. The topological polar surface area (TPSA) is 43.4 Å². The van der Waals surface area contributed by atoms with Gasteiger partial charge in [0.1, 0.15) is 0 Å². The largest absolute Gasteiger partial charge is 0.414 e. The second kappa shape index (κ2) is 6.54. The van der Waals surface area contributed by atoms with Crippen molar-refractivity contribution in [2.24, 2.45) is 11.3 Å². The van der Waals surface area contributed by atoms with E-state index in [0.29, 0.717) is 23.3 Å². The van der Waals surface area contributed by atoms with Gasteiger partial charge in [-0.3, -0.25) is 0 Å². The summed E-state index contributed by atoms with van der Waals surface area (Å²) in [5.41, 5.74) is 1.34. The Kier molecular flexibility index (Phi) is 4.76. The zero-order valence-corrected chi connectivity index (χ0v) is 19.7. The summed E-state index contributed by atoms with van der Waals surface area (Å²) in [4.78, 5) is 1.18. The van der Waals surface area contributed by atoms with Crippen molar-refractivity contribution in [3.05, 3.63) is 40.8 Å². The molecule has 0 aromatic heterocycles. The average molecular weight is 419 g/mol. The van der Waals surface area contributed by atoms with Crippen LogP contribution in [-0.2, 0) is 14.3 Å². The van der Waals surface area contributed by atoms with E-state index in [0.717, 1.165) is 37.0 Å². The van der Waals surface area contributed by atoms with Crippen molar-refractivity contribution in [3.8, 4) is 0 Å². The molecule has 0 saturated heterocycles. The summed E-state index contributed by atoms with van der Waals surface area (Å²) in [5.74, 6) is 0.598. The molecule has 0 heterocycles. The number of sulfone groups is 1. The standard InChI is InChI=1S/C23H34O3SSi/c1-22(2,3)28(4,5)26-18-15-17-11-12-20-21(13-14-23(17,20)16-18)27(24,25)19-9-7-6-8-10-19/h6-10,17-18H,11-16H2,1-5H3/t17-,18-,23+/m1/s1. The molecule has 2 saturated carbocycles. The first-order valence-electron chi connectivity index (χ1n) is 10.7. The van der Waals surface area contributed by atoms with Gasteiger partial charge in [0.05, 0.1) is 4.90 Å². The SMILES string of the molecule is CC(C)(C)[Si](C)(C)O[C@@H]1C[C@H]2CCC3=C(S(=O)(=O)c4ccccc4)CC[C@@]32C1. The summed E-state index contributed by atoms with van der Waals surface area (Å²) in [7, 11) is -5.17. The van der Waals surface area contributed by atoms with Crippen molar-refractivity contribution < 1.29 is 12.8 Å². The lowest BCUT2D eigenvalue weighted by Crippen LogP contribution is -2.43. The minimum Gasteiger partial charge on any atom is -0.414 e. The van der Waals surface area contributed by atoms with Crippen molar-refractivity contribution in [2.75, 3.05) is 0 Å². The van der Waals surface area contributed by atoms with Crippen LogP contribution in [0.2, 0.25) is 18.1 Å². The lowest BCUT2D eigenvalue weighted by Gasteiger charge is -2.39. The smallest absolute Gasteiger partial charge is 0.202 e. The summed E-state index contributed by atoms with van der Waals surface area (Å²) in [6.07, 6.45) is 6.20. The zero-order valence-electron chi connectivity index (χ0n) is 17.9. The molecule has 2 fully saturated rings. The Morgan fingerprint density at radius 2 is 1.79 bits per heavy atom. The summed E-state index contributed by atoms with van der Waals surface area (Å²) in [5, 5.41) is 0.207. The molecule has 3 atom stereocenters. The fraction of sp³-hybridized carbons (Fsp3) is 0.652. The molecule has 3 nitrogen and oxygen atoms in total. The molecule has 0 amide bonds. The van der Waals surface area contributed by atoms with Crippen LogP contribution in [0.3, 0.4) is 0 Å². The van der Waals surface area contributed by atoms with E-state index in [4.69, 9.17) is 4.43 Å². The quantitative estimate of drug-likeness (QED) is 0.556.